The number of ether oxygens (including phenoxy) is 1. The molecule has 2 nitrogen and oxygen atoms in total. The van der Waals surface area contributed by atoms with Crippen molar-refractivity contribution in [2.24, 2.45) is 17.8 Å². The molecule has 2 fully saturated rings. The van der Waals surface area contributed by atoms with E-state index in [4.69, 9.17) is 10.5 Å². The van der Waals surface area contributed by atoms with Crippen LogP contribution in [0.4, 0.5) is 5.69 Å². The maximum Gasteiger partial charge on any atom is 0.127 e. The fourth-order valence-corrected chi connectivity index (χ4v) is 6.04. The molecule has 2 saturated carbocycles. The summed E-state index contributed by atoms with van der Waals surface area (Å²) in [6.45, 7) is 2.32. The van der Waals surface area contributed by atoms with Gasteiger partial charge in [0.25, 0.3) is 0 Å². The molecule has 0 unspecified atom stereocenters. The molecule has 0 radical (unpaired) electrons. The van der Waals surface area contributed by atoms with Crippen LogP contribution in [-0.2, 0) is 0 Å². The molecule has 168 valence electrons. The molecule has 0 spiro atoms. The van der Waals surface area contributed by atoms with Gasteiger partial charge < -0.3 is 10.5 Å². The predicted molar refractivity (Wildman–Crippen MR) is 132 cm³/mol. The molecule has 2 heteroatoms. The van der Waals surface area contributed by atoms with E-state index >= 15 is 0 Å². The molecule has 0 heterocycles. The Morgan fingerprint density at radius 2 is 1.26 bits per heavy atom. The molecular formula is C29H41NO. The highest BCUT2D eigenvalue weighted by molar-refractivity contribution is 5.43. The van der Waals surface area contributed by atoms with Gasteiger partial charge in [0.05, 0.1) is 0 Å². The second kappa shape index (κ2) is 11.1. The molecule has 2 aromatic rings. The molecule has 0 aliphatic heterocycles. The van der Waals surface area contributed by atoms with Crippen molar-refractivity contribution in [1.82, 2.24) is 0 Å². The lowest BCUT2D eigenvalue weighted by molar-refractivity contribution is 0.155. The molecule has 0 bridgehead atoms. The smallest absolute Gasteiger partial charge is 0.127 e. The zero-order chi connectivity index (χ0) is 21.5. The third-order valence-corrected chi connectivity index (χ3v) is 8.01. The van der Waals surface area contributed by atoms with Crippen molar-refractivity contribution < 1.29 is 4.74 Å². The standard InChI is InChI=1S/C29H41NO/c1-2-3-4-5-22-6-8-23(9-7-22)24-10-12-25(13-11-24)26-14-18-28(19-15-26)31-29-20-16-27(30)17-21-29/h14-25H,2-13,30H2,1H3. The van der Waals surface area contributed by atoms with E-state index in [1.165, 1.54) is 82.6 Å². The summed E-state index contributed by atoms with van der Waals surface area (Å²) in [4.78, 5) is 0. The lowest BCUT2D eigenvalue weighted by Gasteiger charge is -2.38. The summed E-state index contributed by atoms with van der Waals surface area (Å²) in [5, 5.41) is 0. The molecular weight excluding hydrogens is 378 g/mol. The van der Waals surface area contributed by atoms with E-state index < -0.39 is 0 Å². The molecule has 2 aliphatic carbocycles. The van der Waals surface area contributed by atoms with E-state index in [1.807, 2.05) is 24.3 Å². The van der Waals surface area contributed by atoms with Crippen LogP contribution in [0.5, 0.6) is 11.5 Å². The Bertz CT molecular complexity index is 765. The second-order valence-electron chi connectivity index (χ2n) is 10.1. The summed E-state index contributed by atoms with van der Waals surface area (Å²) in [7, 11) is 0. The van der Waals surface area contributed by atoms with Crippen molar-refractivity contribution in [2.45, 2.75) is 89.9 Å². The van der Waals surface area contributed by atoms with Gasteiger partial charge in [-0.15, -0.1) is 0 Å². The Morgan fingerprint density at radius 1 is 0.710 bits per heavy atom. The second-order valence-corrected chi connectivity index (χ2v) is 10.1. The van der Waals surface area contributed by atoms with Crippen LogP contribution in [-0.4, -0.2) is 0 Å². The highest BCUT2D eigenvalue weighted by Gasteiger charge is 2.31. The average Bonchev–Trinajstić information content (AvgIpc) is 2.82. The van der Waals surface area contributed by atoms with Crippen molar-refractivity contribution in [3.05, 3.63) is 54.1 Å². The number of rotatable bonds is 8. The van der Waals surface area contributed by atoms with Crippen LogP contribution in [0.1, 0.15) is 95.5 Å². The molecule has 0 atom stereocenters. The SMILES string of the molecule is CCCCCC1CCC(C2CCC(c3ccc(Oc4ccc(N)cc4)cc3)CC2)CC1. The number of unbranched alkanes of at least 4 members (excludes halogenated alkanes) is 2. The predicted octanol–water partition coefficient (Wildman–Crippen LogP) is 8.72. The van der Waals surface area contributed by atoms with Crippen molar-refractivity contribution in [2.75, 3.05) is 5.73 Å². The topological polar surface area (TPSA) is 35.2 Å². The van der Waals surface area contributed by atoms with Crippen LogP contribution < -0.4 is 10.5 Å². The Labute approximate surface area is 189 Å². The van der Waals surface area contributed by atoms with Gasteiger partial charge in [-0.3, -0.25) is 0 Å². The first kappa shape index (κ1) is 22.2. The summed E-state index contributed by atoms with van der Waals surface area (Å²) in [6, 6.07) is 16.4. The quantitative estimate of drug-likeness (QED) is 0.343. The molecule has 2 aromatic carbocycles. The lowest BCUT2D eigenvalue weighted by atomic mass is 9.68. The van der Waals surface area contributed by atoms with Gasteiger partial charge in [-0.2, -0.15) is 0 Å². The molecule has 31 heavy (non-hydrogen) atoms. The van der Waals surface area contributed by atoms with Gasteiger partial charge in [-0.1, -0.05) is 57.6 Å². The van der Waals surface area contributed by atoms with Crippen molar-refractivity contribution in [1.29, 1.82) is 0 Å². The third-order valence-electron chi connectivity index (χ3n) is 8.01. The summed E-state index contributed by atoms with van der Waals surface area (Å²) in [5.41, 5.74) is 8.00. The minimum atomic E-state index is 0.729. The summed E-state index contributed by atoms with van der Waals surface area (Å²) in [5.74, 6) is 5.50. The van der Waals surface area contributed by atoms with E-state index in [2.05, 4.69) is 31.2 Å². The van der Waals surface area contributed by atoms with E-state index in [0.29, 0.717) is 0 Å². The number of hydrogen-bond donors (Lipinski definition) is 1. The fraction of sp³-hybridized carbons (Fsp3) is 0.586. The van der Waals surface area contributed by atoms with Crippen LogP contribution in [0, 0.1) is 17.8 Å². The first-order valence-corrected chi connectivity index (χ1v) is 12.8. The summed E-state index contributed by atoms with van der Waals surface area (Å²) in [6.07, 6.45) is 17.3. The number of nitrogens with two attached hydrogens (primary N) is 1. The molecule has 0 amide bonds. The normalized spacial score (nSPS) is 26.5. The summed E-state index contributed by atoms with van der Waals surface area (Å²) < 4.78 is 5.96. The van der Waals surface area contributed by atoms with E-state index in [9.17, 15) is 0 Å². The lowest BCUT2D eigenvalue weighted by Crippen LogP contribution is -2.25. The average molecular weight is 420 g/mol. The first-order chi connectivity index (χ1) is 15.2. The van der Waals surface area contributed by atoms with Crippen LogP contribution in [0.2, 0.25) is 0 Å². The molecule has 2 N–H and O–H groups in total. The largest absolute Gasteiger partial charge is 0.457 e. The monoisotopic (exact) mass is 419 g/mol. The van der Waals surface area contributed by atoms with Crippen LogP contribution in [0.25, 0.3) is 0 Å². The highest BCUT2D eigenvalue weighted by atomic mass is 16.5. The minimum absolute atomic E-state index is 0.729. The first-order valence-electron chi connectivity index (χ1n) is 12.8. The van der Waals surface area contributed by atoms with Gasteiger partial charge in [0, 0.05) is 5.69 Å². The number of benzene rings is 2. The minimum Gasteiger partial charge on any atom is -0.457 e. The zero-order valence-electron chi connectivity index (χ0n) is 19.4. The number of hydrogen-bond acceptors (Lipinski definition) is 2. The van der Waals surface area contributed by atoms with Crippen molar-refractivity contribution in [3.63, 3.8) is 0 Å². The van der Waals surface area contributed by atoms with Crippen LogP contribution >= 0.6 is 0 Å². The van der Waals surface area contributed by atoms with E-state index in [0.717, 1.165) is 40.9 Å². The fourth-order valence-electron chi connectivity index (χ4n) is 6.04. The Hall–Kier alpha value is -1.96. The van der Waals surface area contributed by atoms with E-state index in [1.54, 1.807) is 0 Å². The summed E-state index contributed by atoms with van der Waals surface area (Å²) >= 11 is 0. The Balaban J connectivity index is 1.21. The van der Waals surface area contributed by atoms with Gasteiger partial charge >= 0.3 is 0 Å². The van der Waals surface area contributed by atoms with Crippen molar-refractivity contribution in [3.8, 4) is 11.5 Å². The van der Waals surface area contributed by atoms with Gasteiger partial charge in [-0.05, 0) is 104 Å². The number of nitrogen functional groups attached to an aromatic ring is 1. The molecule has 0 saturated heterocycles. The highest BCUT2D eigenvalue weighted by Crippen LogP contribution is 2.44. The molecule has 2 aliphatic rings. The number of anilines is 1. The maximum absolute atomic E-state index is 5.96. The van der Waals surface area contributed by atoms with Gasteiger partial charge in [-0.25, -0.2) is 0 Å². The third kappa shape index (κ3) is 6.28. The Kier molecular flexibility index (Phi) is 7.94. The van der Waals surface area contributed by atoms with Crippen molar-refractivity contribution >= 4 is 5.69 Å². The molecule has 0 aromatic heterocycles. The van der Waals surface area contributed by atoms with E-state index in [-0.39, 0.29) is 0 Å². The van der Waals surface area contributed by atoms with Gasteiger partial charge in [0.1, 0.15) is 11.5 Å². The Morgan fingerprint density at radius 3 is 1.84 bits per heavy atom. The van der Waals surface area contributed by atoms with Gasteiger partial charge in [0.15, 0.2) is 0 Å². The molecule has 4 rings (SSSR count). The maximum atomic E-state index is 5.96. The van der Waals surface area contributed by atoms with Gasteiger partial charge in [0.2, 0.25) is 0 Å². The zero-order valence-corrected chi connectivity index (χ0v) is 19.4. The van der Waals surface area contributed by atoms with Crippen LogP contribution in [0.15, 0.2) is 48.5 Å². The van der Waals surface area contributed by atoms with Crippen LogP contribution in [0.3, 0.4) is 0 Å².